The normalized spacial score (nSPS) is 14.4. The topological polar surface area (TPSA) is 0 Å². The maximum atomic E-state index is 3.90. The number of hydrogen-bond donors (Lipinski definition) is 0. The van der Waals surface area contributed by atoms with Gasteiger partial charge < -0.3 is 0 Å². The zero-order valence-electron chi connectivity index (χ0n) is 9.24. The van der Waals surface area contributed by atoms with Crippen molar-refractivity contribution in [3.8, 4) is 0 Å². The van der Waals surface area contributed by atoms with E-state index in [1.807, 2.05) is 6.08 Å². The van der Waals surface area contributed by atoms with Gasteiger partial charge in [-0.25, -0.2) is 0 Å². The number of aryl methyl sites for hydroxylation is 1. The number of allylic oxidation sites excluding steroid dienone is 3. The molecule has 0 saturated carbocycles. The minimum Gasteiger partial charge on any atom is -0.0985 e. The van der Waals surface area contributed by atoms with Gasteiger partial charge in [-0.05, 0) is 40.3 Å². The molecule has 0 heterocycles. The molecular formula is C16H14. The van der Waals surface area contributed by atoms with Crippen molar-refractivity contribution in [3.05, 3.63) is 66.3 Å². The summed E-state index contributed by atoms with van der Waals surface area (Å²) in [5, 5.41) is 2.74. The Balaban J connectivity index is 2.36. The lowest BCUT2D eigenvalue weighted by Crippen LogP contribution is -1.99. The van der Waals surface area contributed by atoms with E-state index in [9.17, 15) is 0 Å². The molecule has 0 saturated heterocycles. The molecule has 0 amide bonds. The summed E-state index contributed by atoms with van der Waals surface area (Å²) in [7, 11) is 0. The molecule has 1 aliphatic carbocycles. The van der Waals surface area contributed by atoms with E-state index >= 15 is 0 Å². The number of rotatable bonds is 1. The maximum Gasteiger partial charge on any atom is -0.0146 e. The Labute approximate surface area is 95.9 Å². The molecule has 0 fully saturated rings. The summed E-state index contributed by atoms with van der Waals surface area (Å²) in [6.07, 6.45) is 6.52. The van der Waals surface area contributed by atoms with Crippen LogP contribution in [0.2, 0.25) is 0 Å². The zero-order chi connectivity index (χ0) is 11.0. The molecule has 78 valence electrons. The lowest BCUT2D eigenvalue weighted by Gasteiger charge is -2.17. The van der Waals surface area contributed by atoms with Crippen molar-refractivity contribution < 1.29 is 0 Å². The fourth-order valence-electron chi connectivity index (χ4n) is 2.55. The van der Waals surface area contributed by atoms with E-state index in [-0.39, 0.29) is 0 Å². The second-order valence-electron chi connectivity index (χ2n) is 4.22. The summed E-state index contributed by atoms with van der Waals surface area (Å²) in [6.45, 7) is 3.90. The fraction of sp³-hybridized carbons (Fsp3) is 0.125. The van der Waals surface area contributed by atoms with Crippen LogP contribution in [0.15, 0.2) is 55.1 Å². The summed E-state index contributed by atoms with van der Waals surface area (Å²) in [5.41, 5.74) is 4.13. The van der Waals surface area contributed by atoms with Gasteiger partial charge in [0.25, 0.3) is 0 Å². The summed E-state index contributed by atoms with van der Waals surface area (Å²) in [4.78, 5) is 0. The van der Waals surface area contributed by atoms with E-state index in [1.54, 1.807) is 0 Å². The van der Waals surface area contributed by atoms with Gasteiger partial charge in [0.1, 0.15) is 0 Å². The zero-order valence-corrected chi connectivity index (χ0v) is 9.24. The summed E-state index contributed by atoms with van der Waals surface area (Å²) in [6, 6.07) is 13.1. The Kier molecular flexibility index (Phi) is 2.14. The van der Waals surface area contributed by atoms with Crippen molar-refractivity contribution in [1.29, 1.82) is 0 Å². The quantitative estimate of drug-likeness (QED) is 0.650. The van der Waals surface area contributed by atoms with Gasteiger partial charge in [-0.2, -0.15) is 0 Å². The van der Waals surface area contributed by atoms with Crippen molar-refractivity contribution in [2.24, 2.45) is 0 Å². The fourth-order valence-corrected chi connectivity index (χ4v) is 2.55. The van der Waals surface area contributed by atoms with E-state index in [4.69, 9.17) is 0 Å². The Morgan fingerprint density at radius 1 is 1.06 bits per heavy atom. The minimum absolute atomic E-state index is 1.13. The average Bonchev–Trinajstić information content (AvgIpc) is 2.37. The third-order valence-electron chi connectivity index (χ3n) is 3.33. The van der Waals surface area contributed by atoms with Crippen molar-refractivity contribution in [3.63, 3.8) is 0 Å². The highest BCUT2D eigenvalue weighted by atomic mass is 14.2. The maximum absolute atomic E-state index is 3.90. The predicted octanol–water partition coefficient (Wildman–Crippen LogP) is 4.36. The third kappa shape index (κ3) is 1.30. The van der Waals surface area contributed by atoms with Gasteiger partial charge in [-0.15, -0.1) is 0 Å². The lowest BCUT2D eigenvalue weighted by atomic mass is 9.87. The first kappa shape index (κ1) is 9.41. The molecule has 0 bridgehead atoms. The molecule has 0 atom stereocenters. The van der Waals surface area contributed by atoms with Gasteiger partial charge in [0.2, 0.25) is 0 Å². The molecule has 2 aromatic carbocycles. The van der Waals surface area contributed by atoms with E-state index < -0.39 is 0 Å². The van der Waals surface area contributed by atoms with E-state index in [0.29, 0.717) is 0 Å². The Hall–Kier alpha value is -1.82. The van der Waals surface area contributed by atoms with Crippen molar-refractivity contribution in [1.82, 2.24) is 0 Å². The van der Waals surface area contributed by atoms with Crippen LogP contribution in [0.1, 0.15) is 17.5 Å². The minimum atomic E-state index is 1.13. The van der Waals surface area contributed by atoms with Gasteiger partial charge in [-0.3, -0.25) is 0 Å². The number of fused-ring (bicyclic) bond motifs is 3. The SMILES string of the molecule is C=CC1=CCCc2c1ccc1ccccc21. The van der Waals surface area contributed by atoms with Crippen LogP contribution in [0.4, 0.5) is 0 Å². The van der Waals surface area contributed by atoms with Crippen molar-refractivity contribution >= 4 is 16.3 Å². The molecule has 3 rings (SSSR count). The number of benzene rings is 2. The molecule has 1 aliphatic rings. The standard InChI is InChI=1S/C16H14/c1-2-12-7-5-9-16-14-8-4-3-6-13(14)10-11-15(12)16/h2-4,6-8,10-11H,1,5,9H2. The van der Waals surface area contributed by atoms with E-state index in [1.165, 1.54) is 27.5 Å². The highest BCUT2D eigenvalue weighted by molar-refractivity contribution is 5.92. The van der Waals surface area contributed by atoms with Gasteiger partial charge in [0, 0.05) is 0 Å². The predicted molar refractivity (Wildman–Crippen MR) is 70.4 cm³/mol. The van der Waals surface area contributed by atoms with Crippen molar-refractivity contribution in [2.75, 3.05) is 0 Å². The smallest absolute Gasteiger partial charge is 0.0146 e. The summed E-state index contributed by atoms with van der Waals surface area (Å²) in [5.74, 6) is 0. The van der Waals surface area contributed by atoms with E-state index in [2.05, 4.69) is 49.1 Å². The molecule has 0 spiro atoms. The molecule has 0 N–H and O–H groups in total. The Morgan fingerprint density at radius 2 is 1.94 bits per heavy atom. The Morgan fingerprint density at radius 3 is 2.81 bits per heavy atom. The molecule has 16 heavy (non-hydrogen) atoms. The highest BCUT2D eigenvalue weighted by Crippen LogP contribution is 2.32. The van der Waals surface area contributed by atoms with Crippen LogP contribution in [0.25, 0.3) is 16.3 Å². The third-order valence-corrected chi connectivity index (χ3v) is 3.33. The first-order valence-corrected chi connectivity index (χ1v) is 5.74. The lowest BCUT2D eigenvalue weighted by molar-refractivity contribution is 0.991. The molecule has 0 nitrogen and oxygen atoms in total. The molecule has 0 radical (unpaired) electrons. The summed E-state index contributed by atoms with van der Waals surface area (Å²) >= 11 is 0. The van der Waals surface area contributed by atoms with Gasteiger partial charge in [0.15, 0.2) is 0 Å². The van der Waals surface area contributed by atoms with Crippen LogP contribution in [0.3, 0.4) is 0 Å². The molecular weight excluding hydrogens is 192 g/mol. The van der Waals surface area contributed by atoms with Crippen LogP contribution < -0.4 is 0 Å². The van der Waals surface area contributed by atoms with Crippen molar-refractivity contribution in [2.45, 2.75) is 12.8 Å². The highest BCUT2D eigenvalue weighted by Gasteiger charge is 2.12. The van der Waals surface area contributed by atoms with Gasteiger partial charge in [-0.1, -0.05) is 55.1 Å². The molecule has 0 aliphatic heterocycles. The molecule has 0 aromatic heterocycles. The largest absolute Gasteiger partial charge is 0.0985 e. The van der Waals surface area contributed by atoms with Gasteiger partial charge >= 0.3 is 0 Å². The van der Waals surface area contributed by atoms with Gasteiger partial charge in [0.05, 0.1) is 0 Å². The second kappa shape index (κ2) is 3.64. The van der Waals surface area contributed by atoms with Crippen LogP contribution >= 0.6 is 0 Å². The van der Waals surface area contributed by atoms with Crippen LogP contribution in [0.5, 0.6) is 0 Å². The molecule has 0 unspecified atom stereocenters. The van der Waals surface area contributed by atoms with E-state index in [0.717, 1.165) is 12.8 Å². The average molecular weight is 206 g/mol. The van der Waals surface area contributed by atoms with Crippen LogP contribution in [-0.2, 0) is 6.42 Å². The van der Waals surface area contributed by atoms with Crippen LogP contribution in [0, 0.1) is 0 Å². The first-order valence-electron chi connectivity index (χ1n) is 5.74. The second-order valence-corrected chi connectivity index (χ2v) is 4.22. The van der Waals surface area contributed by atoms with Crippen LogP contribution in [-0.4, -0.2) is 0 Å². The monoisotopic (exact) mass is 206 g/mol. The molecule has 0 heteroatoms. The summed E-state index contributed by atoms with van der Waals surface area (Å²) < 4.78 is 0. The first-order chi connectivity index (χ1) is 7.90. The molecule has 2 aromatic rings. The number of hydrogen-bond acceptors (Lipinski definition) is 0. The Bertz CT molecular complexity index is 588.